The summed E-state index contributed by atoms with van der Waals surface area (Å²) >= 11 is 0. The summed E-state index contributed by atoms with van der Waals surface area (Å²) in [6.07, 6.45) is 1.75. The van der Waals surface area contributed by atoms with Gasteiger partial charge in [-0.15, -0.1) is 0 Å². The lowest BCUT2D eigenvalue weighted by atomic mass is 10.1. The summed E-state index contributed by atoms with van der Waals surface area (Å²) in [7, 11) is 0. The molecule has 3 aromatic rings. The Bertz CT molecular complexity index is 1050. The lowest BCUT2D eigenvalue weighted by Crippen LogP contribution is -2.41. The number of imidazole rings is 1. The molecule has 0 saturated carbocycles. The van der Waals surface area contributed by atoms with Gasteiger partial charge in [-0.05, 0) is 37.6 Å². The van der Waals surface area contributed by atoms with Crippen LogP contribution < -0.4 is 5.32 Å². The van der Waals surface area contributed by atoms with Crippen molar-refractivity contribution in [2.24, 2.45) is 0 Å². The SMILES string of the molecule is Cc1ccc(NC(=O)c2nc(C(=O)N3CCOCC3)n3ccccc23)c(C)c1. The summed E-state index contributed by atoms with van der Waals surface area (Å²) in [5.41, 5.74) is 3.66. The second-order valence-corrected chi connectivity index (χ2v) is 6.92. The molecule has 0 spiro atoms. The van der Waals surface area contributed by atoms with Crippen molar-refractivity contribution in [3.05, 3.63) is 65.2 Å². The molecule has 4 rings (SSSR count). The van der Waals surface area contributed by atoms with Crippen LogP contribution in [0.3, 0.4) is 0 Å². The van der Waals surface area contributed by atoms with Gasteiger partial charge in [-0.3, -0.25) is 14.0 Å². The van der Waals surface area contributed by atoms with Gasteiger partial charge >= 0.3 is 0 Å². The van der Waals surface area contributed by atoms with Gasteiger partial charge in [0, 0.05) is 25.0 Å². The summed E-state index contributed by atoms with van der Waals surface area (Å²) in [6, 6.07) is 11.3. The van der Waals surface area contributed by atoms with Gasteiger partial charge < -0.3 is 15.0 Å². The van der Waals surface area contributed by atoms with Gasteiger partial charge in [0.1, 0.15) is 0 Å². The molecular formula is C21H22N4O3. The molecule has 2 amide bonds. The molecule has 0 aliphatic carbocycles. The zero-order chi connectivity index (χ0) is 19.7. The van der Waals surface area contributed by atoms with E-state index in [2.05, 4.69) is 10.3 Å². The molecule has 1 aromatic carbocycles. The number of anilines is 1. The van der Waals surface area contributed by atoms with E-state index >= 15 is 0 Å². The number of benzene rings is 1. The van der Waals surface area contributed by atoms with Crippen molar-refractivity contribution in [2.45, 2.75) is 13.8 Å². The predicted molar refractivity (Wildman–Crippen MR) is 106 cm³/mol. The first-order valence-corrected chi connectivity index (χ1v) is 9.27. The maximum atomic E-state index is 13.0. The maximum absolute atomic E-state index is 13.0. The van der Waals surface area contributed by atoms with E-state index in [9.17, 15) is 9.59 Å². The first-order chi connectivity index (χ1) is 13.5. The molecule has 7 nitrogen and oxygen atoms in total. The van der Waals surface area contributed by atoms with Crippen LogP contribution in [0.15, 0.2) is 42.6 Å². The first-order valence-electron chi connectivity index (χ1n) is 9.27. The standard InChI is InChI=1S/C21H22N4O3/c1-14-6-7-16(15(2)13-14)22-20(26)18-17-5-3-4-8-25(17)19(23-18)21(27)24-9-11-28-12-10-24/h3-8,13H,9-12H2,1-2H3,(H,22,26). The average molecular weight is 378 g/mol. The maximum Gasteiger partial charge on any atom is 0.290 e. The number of rotatable bonds is 3. The number of nitrogens with one attached hydrogen (secondary N) is 1. The van der Waals surface area contributed by atoms with Crippen LogP contribution in [0.2, 0.25) is 0 Å². The smallest absolute Gasteiger partial charge is 0.290 e. The van der Waals surface area contributed by atoms with Gasteiger partial charge in [-0.1, -0.05) is 23.8 Å². The Balaban J connectivity index is 1.69. The largest absolute Gasteiger partial charge is 0.378 e. The Morgan fingerprint density at radius 3 is 2.64 bits per heavy atom. The van der Waals surface area contributed by atoms with Crippen molar-refractivity contribution in [1.82, 2.24) is 14.3 Å². The highest BCUT2D eigenvalue weighted by molar-refractivity contribution is 6.09. The molecule has 0 unspecified atom stereocenters. The highest BCUT2D eigenvalue weighted by atomic mass is 16.5. The number of carbonyl (C=O) groups is 2. The second-order valence-electron chi connectivity index (χ2n) is 6.92. The summed E-state index contributed by atoms with van der Waals surface area (Å²) in [5.74, 6) is -0.296. The Morgan fingerprint density at radius 1 is 1.11 bits per heavy atom. The Kier molecular flexibility index (Phi) is 4.83. The number of nitrogens with zero attached hydrogens (tertiary/aromatic N) is 3. The molecule has 1 aliphatic heterocycles. The van der Waals surface area contributed by atoms with Crippen molar-refractivity contribution in [3.63, 3.8) is 0 Å². The van der Waals surface area contributed by atoms with Gasteiger partial charge in [0.05, 0.1) is 18.7 Å². The molecule has 2 aromatic heterocycles. The second kappa shape index (κ2) is 7.44. The number of morpholine rings is 1. The fraction of sp³-hybridized carbons (Fsp3) is 0.286. The average Bonchev–Trinajstić information content (AvgIpc) is 3.10. The van der Waals surface area contributed by atoms with Gasteiger partial charge in [-0.2, -0.15) is 0 Å². The topological polar surface area (TPSA) is 75.9 Å². The van der Waals surface area contributed by atoms with Gasteiger partial charge in [0.2, 0.25) is 5.82 Å². The van der Waals surface area contributed by atoms with Crippen molar-refractivity contribution in [2.75, 3.05) is 31.6 Å². The fourth-order valence-electron chi connectivity index (χ4n) is 3.40. The highest BCUT2D eigenvalue weighted by Crippen LogP contribution is 2.20. The summed E-state index contributed by atoms with van der Waals surface area (Å²) < 4.78 is 6.99. The quantitative estimate of drug-likeness (QED) is 0.760. The molecule has 1 fully saturated rings. The van der Waals surface area contributed by atoms with Gasteiger partial charge in [0.15, 0.2) is 5.69 Å². The number of aromatic nitrogens is 2. The summed E-state index contributed by atoms with van der Waals surface area (Å²) in [6.45, 7) is 6.01. The van der Waals surface area contributed by atoms with Gasteiger partial charge in [-0.25, -0.2) is 4.98 Å². The Morgan fingerprint density at radius 2 is 1.89 bits per heavy atom. The van der Waals surface area contributed by atoms with Crippen LogP contribution in [0.4, 0.5) is 5.69 Å². The van der Waals surface area contributed by atoms with Crippen LogP contribution >= 0.6 is 0 Å². The first kappa shape index (κ1) is 18.2. The van der Waals surface area contributed by atoms with Crippen molar-refractivity contribution >= 4 is 23.0 Å². The van der Waals surface area contributed by atoms with Crippen LogP contribution in [0.1, 0.15) is 32.2 Å². The molecule has 1 N–H and O–H groups in total. The number of ether oxygens (including phenoxy) is 1. The lowest BCUT2D eigenvalue weighted by Gasteiger charge is -2.26. The third-order valence-electron chi connectivity index (χ3n) is 4.88. The van der Waals surface area contributed by atoms with E-state index in [0.717, 1.165) is 16.8 Å². The van der Waals surface area contributed by atoms with E-state index in [1.165, 1.54) is 0 Å². The van der Waals surface area contributed by atoms with E-state index in [1.807, 2.05) is 44.2 Å². The molecule has 1 saturated heterocycles. The monoisotopic (exact) mass is 378 g/mol. The van der Waals surface area contributed by atoms with Crippen molar-refractivity contribution in [3.8, 4) is 0 Å². The molecule has 0 atom stereocenters. The molecular weight excluding hydrogens is 356 g/mol. The predicted octanol–water partition coefficient (Wildman–Crippen LogP) is 2.68. The van der Waals surface area contributed by atoms with E-state index in [-0.39, 0.29) is 23.3 Å². The van der Waals surface area contributed by atoms with E-state index in [1.54, 1.807) is 21.6 Å². The number of aryl methyl sites for hydroxylation is 2. The van der Waals surface area contributed by atoms with Gasteiger partial charge in [0.25, 0.3) is 11.8 Å². The minimum atomic E-state index is -0.336. The van der Waals surface area contributed by atoms with E-state index in [4.69, 9.17) is 4.74 Å². The Hall–Kier alpha value is -3.19. The Labute approximate surface area is 162 Å². The van der Waals surface area contributed by atoms with Crippen LogP contribution in [-0.4, -0.2) is 52.4 Å². The molecule has 0 radical (unpaired) electrons. The minimum absolute atomic E-state index is 0.199. The molecule has 0 bridgehead atoms. The number of carbonyl (C=O) groups excluding carboxylic acids is 2. The van der Waals surface area contributed by atoms with Crippen LogP contribution in [0.5, 0.6) is 0 Å². The van der Waals surface area contributed by atoms with E-state index < -0.39 is 0 Å². The van der Waals surface area contributed by atoms with E-state index in [0.29, 0.717) is 31.8 Å². The number of fused-ring (bicyclic) bond motifs is 1. The zero-order valence-corrected chi connectivity index (χ0v) is 15.9. The third kappa shape index (κ3) is 3.36. The van der Waals surface area contributed by atoms with Crippen LogP contribution in [-0.2, 0) is 4.74 Å². The molecule has 1 aliphatic rings. The highest BCUT2D eigenvalue weighted by Gasteiger charge is 2.26. The number of amides is 2. The molecule has 3 heterocycles. The van der Waals surface area contributed by atoms with Crippen LogP contribution in [0, 0.1) is 13.8 Å². The summed E-state index contributed by atoms with van der Waals surface area (Å²) in [4.78, 5) is 32.0. The zero-order valence-electron chi connectivity index (χ0n) is 15.9. The minimum Gasteiger partial charge on any atom is -0.378 e. The normalized spacial score (nSPS) is 14.3. The van der Waals surface area contributed by atoms with Crippen LogP contribution in [0.25, 0.3) is 5.52 Å². The summed E-state index contributed by atoms with van der Waals surface area (Å²) in [5, 5.41) is 2.92. The lowest BCUT2D eigenvalue weighted by molar-refractivity contribution is 0.0294. The van der Waals surface area contributed by atoms with Crippen molar-refractivity contribution < 1.29 is 14.3 Å². The molecule has 7 heteroatoms. The van der Waals surface area contributed by atoms with Crippen molar-refractivity contribution in [1.29, 1.82) is 0 Å². The number of hydrogen-bond donors (Lipinski definition) is 1. The molecule has 28 heavy (non-hydrogen) atoms. The number of hydrogen-bond acceptors (Lipinski definition) is 4. The molecule has 144 valence electrons. The third-order valence-corrected chi connectivity index (χ3v) is 4.88. The number of pyridine rings is 1. The fourth-order valence-corrected chi connectivity index (χ4v) is 3.40.